The number of phenols is 1. The van der Waals surface area contributed by atoms with Crippen molar-refractivity contribution < 1.29 is 9.84 Å². The van der Waals surface area contributed by atoms with Gasteiger partial charge in [0.25, 0.3) is 0 Å². The second-order valence-corrected chi connectivity index (χ2v) is 4.08. The molecule has 0 bridgehead atoms. The average molecular weight is 223 g/mol. The summed E-state index contributed by atoms with van der Waals surface area (Å²) in [5, 5.41) is 12.8. The SMILES string of the molecule is CC(C)OCCCNCc1ccccc1O. The van der Waals surface area contributed by atoms with Crippen molar-refractivity contribution >= 4 is 0 Å². The van der Waals surface area contributed by atoms with Crippen LogP contribution >= 0.6 is 0 Å². The summed E-state index contributed by atoms with van der Waals surface area (Å²) < 4.78 is 5.43. The van der Waals surface area contributed by atoms with Crippen molar-refractivity contribution in [3.8, 4) is 5.75 Å². The Labute approximate surface area is 97.4 Å². The molecule has 90 valence electrons. The maximum Gasteiger partial charge on any atom is 0.120 e. The number of phenolic OH excluding ortho intramolecular Hbond substituents is 1. The van der Waals surface area contributed by atoms with Crippen molar-refractivity contribution in [2.24, 2.45) is 0 Å². The Hall–Kier alpha value is -1.06. The summed E-state index contributed by atoms with van der Waals surface area (Å²) in [4.78, 5) is 0. The van der Waals surface area contributed by atoms with Gasteiger partial charge in [0.05, 0.1) is 6.10 Å². The molecule has 0 heterocycles. The largest absolute Gasteiger partial charge is 0.508 e. The molecule has 0 aliphatic heterocycles. The fourth-order valence-electron chi connectivity index (χ4n) is 1.40. The first-order valence-electron chi connectivity index (χ1n) is 5.79. The molecule has 3 nitrogen and oxygen atoms in total. The lowest BCUT2D eigenvalue weighted by Crippen LogP contribution is -2.17. The molecule has 16 heavy (non-hydrogen) atoms. The van der Waals surface area contributed by atoms with Crippen LogP contribution < -0.4 is 5.32 Å². The summed E-state index contributed by atoms with van der Waals surface area (Å²) in [6.07, 6.45) is 1.30. The molecule has 0 aliphatic rings. The highest BCUT2D eigenvalue weighted by Crippen LogP contribution is 2.14. The van der Waals surface area contributed by atoms with Crippen LogP contribution in [-0.4, -0.2) is 24.4 Å². The van der Waals surface area contributed by atoms with E-state index < -0.39 is 0 Å². The molecule has 1 aromatic carbocycles. The van der Waals surface area contributed by atoms with Crippen molar-refractivity contribution in [2.75, 3.05) is 13.2 Å². The van der Waals surface area contributed by atoms with Gasteiger partial charge < -0.3 is 15.2 Å². The summed E-state index contributed by atoms with van der Waals surface area (Å²) in [7, 11) is 0. The van der Waals surface area contributed by atoms with Gasteiger partial charge in [-0.05, 0) is 32.9 Å². The van der Waals surface area contributed by atoms with E-state index in [0.29, 0.717) is 18.4 Å². The van der Waals surface area contributed by atoms with E-state index in [4.69, 9.17) is 4.74 Å². The van der Waals surface area contributed by atoms with E-state index in [-0.39, 0.29) is 0 Å². The van der Waals surface area contributed by atoms with Gasteiger partial charge in [-0.25, -0.2) is 0 Å². The molecule has 0 aromatic heterocycles. The summed E-state index contributed by atoms with van der Waals surface area (Å²) in [5.74, 6) is 0.355. The zero-order valence-corrected chi connectivity index (χ0v) is 10.1. The lowest BCUT2D eigenvalue weighted by Gasteiger charge is -2.08. The van der Waals surface area contributed by atoms with E-state index in [9.17, 15) is 5.11 Å². The van der Waals surface area contributed by atoms with Gasteiger partial charge in [-0.2, -0.15) is 0 Å². The van der Waals surface area contributed by atoms with Crippen LogP contribution in [0.4, 0.5) is 0 Å². The molecule has 1 rings (SSSR count). The third kappa shape index (κ3) is 5.14. The summed E-state index contributed by atoms with van der Waals surface area (Å²) in [6, 6.07) is 7.39. The van der Waals surface area contributed by atoms with Crippen LogP contribution in [0.25, 0.3) is 0 Å². The van der Waals surface area contributed by atoms with Crippen molar-refractivity contribution in [2.45, 2.75) is 32.9 Å². The molecule has 2 N–H and O–H groups in total. The third-order valence-electron chi connectivity index (χ3n) is 2.26. The fourth-order valence-corrected chi connectivity index (χ4v) is 1.40. The normalized spacial score (nSPS) is 10.9. The van der Waals surface area contributed by atoms with Crippen LogP contribution in [0.3, 0.4) is 0 Å². The summed E-state index contributed by atoms with van der Waals surface area (Å²) >= 11 is 0. The Bertz CT molecular complexity index is 300. The molecule has 0 saturated carbocycles. The molecule has 0 saturated heterocycles. The van der Waals surface area contributed by atoms with Crippen LogP contribution in [-0.2, 0) is 11.3 Å². The number of benzene rings is 1. The van der Waals surface area contributed by atoms with Crippen LogP contribution in [0.2, 0.25) is 0 Å². The number of ether oxygens (including phenoxy) is 1. The summed E-state index contributed by atoms with van der Waals surface area (Å²) in [5.41, 5.74) is 0.937. The van der Waals surface area contributed by atoms with Gasteiger partial charge in [-0.1, -0.05) is 18.2 Å². The van der Waals surface area contributed by atoms with Gasteiger partial charge in [-0.3, -0.25) is 0 Å². The minimum absolute atomic E-state index is 0.304. The third-order valence-corrected chi connectivity index (χ3v) is 2.26. The molecular weight excluding hydrogens is 202 g/mol. The zero-order valence-electron chi connectivity index (χ0n) is 10.1. The van der Waals surface area contributed by atoms with Crippen molar-refractivity contribution in [3.63, 3.8) is 0 Å². The zero-order chi connectivity index (χ0) is 11.8. The van der Waals surface area contributed by atoms with Gasteiger partial charge in [0.15, 0.2) is 0 Å². The van der Waals surface area contributed by atoms with Crippen molar-refractivity contribution in [3.05, 3.63) is 29.8 Å². The first-order valence-corrected chi connectivity index (χ1v) is 5.79. The van der Waals surface area contributed by atoms with Gasteiger partial charge in [0.2, 0.25) is 0 Å². The highest BCUT2D eigenvalue weighted by molar-refractivity contribution is 5.31. The number of rotatable bonds is 7. The Balaban J connectivity index is 2.10. The number of para-hydroxylation sites is 1. The van der Waals surface area contributed by atoms with E-state index >= 15 is 0 Å². The maximum atomic E-state index is 9.52. The molecule has 3 heteroatoms. The lowest BCUT2D eigenvalue weighted by atomic mass is 10.2. The number of aromatic hydroxyl groups is 1. The van der Waals surface area contributed by atoms with E-state index in [1.165, 1.54) is 0 Å². The van der Waals surface area contributed by atoms with Crippen molar-refractivity contribution in [1.29, 1.82) is 0 Å². The van der Waals surface area contributed by atoms with E-state index in [0.717, 1.165) is 25.1 Å². The van der Waals surface area contributed by atoms with E-state index in [2.05, 4.69) is 5.32 Å². The molecule has 0 fully saturated rings. The van der Waals surface area contributed by atoms with Gasteiger partial charge >= 0.3 is 0 Å². The molecule has 0 amide bonds. The molecule has 0 aliphatic carbocycles. The molecule has 0 atom stereocenters. The van der Waals surface area contributed by atoms with Crippen molar-refractivity contribution in [1.82, 2.24) is 5.32 Å². The standard InChI is InChI=1S/C13H21NO2/c1-11(2)16-9-5-8-14-10-12-6-3-4-7-13(12)15/h3-4,6-7,11,14-15H,5,8-10H2,1-2H3. The van der Waals surface area contributed by atoms with Crippen LogP contribution in [0.5, 0.6) is 5.75 Å². The van der Waals surface area contributed by atoms with Gasteiger partial charge in [-0.15, -0.1) is 0 Å². The monoisotopic (exact) mass is 223 g/mol. The van der Waals surface area contributed by atoms with E-state index in [1.54, 1.807) is 6.07 Å². The average Bonchev–Trinajstić information content (AvgIpc) is 2.25. The number of hydrogen-bond acceptors (Lipinski definition) is 3. The first-order chi connectivity index (χ1) is 7.70. The minimum Gasteiger partial charge on any atom is -0.508 e. The quantitative estimate of drug-likeness (QED) is 0.697. The Morgan fingerprint density at radius 3 is 2.75 bits per heavy atom. The molecule has 0 unspecified atom stereocenters. The lowest BCUT2D eigenvalue weighted by molar-refractivity contribution is 0.0770. The highest BCUT2D eigenvalue weighted by atomic mass is 16.5. The predicted molar refractivity (Wildman–Crippen MR) is 65.5 cm³/mol. The van der Waals surface area contributed by atoms with Gasteiger partial charge in [0.1, 0.15) is 5.75 Å². The maximum absolute atomic E-state index is 9.52. The second-order valence-electron chi connectivity index (χ2n) is 4.08. The second kappa shape index (κ2) is 7.25. The van der Waals surface area contributed by atoms with E-state index in [1.807, 2.05) is 32.0 Å². The fraction of sp³-hybridized carbons (Fsp3) is 0.538. The first kappa shape index (κ1) is 13.0. The molecule has 0 radical (unpaired) electrons. The smallest absolute Gasteiger partial charge is 0.120 e. The molecule has 0 spiro atoms. The van der Waals surface area contributed by atoms with Crippen LogP contribution in [0.15, 0.2) is 24.3 Å². The Kier molecular flexibility index (Phi) is 5.90. The Morgan fingerprint density at radius 1 is 1.31 bits per heavy atom. The minimum atomic E-state index is 0.304. The molecule has 1 aromatic rings. The van der Waals surface area contributed by atoms with Crippen LogP contribution in [0, 0.1) is 0 Å². The summed E-state index contributed by atoms with van der Waals surface area (Å²) in [6.45, 7) is 6.46. The Morgan fingerprint density at radius 2 is 2.06 bits per heavy atom. The number of hydrogen-bond donors (Lipinski definition) is 2. The number of nitrogens with one attached hydrogen (secondary N) is 1. The predicted octanol–water partition coefficient (Wildman–Crippen LogP) is 2.30. The van der Waals surface area contributed by atoms with Gasteiger partial charge in [0, 0.05) is 18.7 Å². The highest BCUT2D eigenvalue weighted by Gasteiger charge is 1.98. The van der Waals surface area contributed by atoms with Crippen LogP contribution in [0.1, 0.15) is 25.8 Å². The topological polar surface area (TPSA) is 41.5 Å². The molecular formula is C13H21NO2.